The third-order valence-electron chi connectivity index (χ3n) is 4.51. The van der Waals surface area contributed by atoms with Gasteiger partial charge in [0.05, 0.1) is 6.10 Å². The minimum atomic E-state index is -1.75. The van der Waals surface area contributed by atoms with Crippen molar-refractivity contribution < 1.29 is 14.0 Å². The minimum absolute atomic E-state index is 0.205. The summed E-state index contributed by atoms with van der Waals surface area (Å²) in [5.41, 5.74) is 1.30. The zero-order valence-corrected chi connectivity index (χ0v) is 14.2. The highest BCUT2D eigenvalue weighted by atomic mass is 28.4. The summed E-state index contributed by atoms with van der Waals surface area (Å²) in [6, 6.07) is 0. The largest absolute Gasteiger partial charge is 0.464 e. The Bertz CT molecular complexity index is 342. The Morgan fingerprint density at radius 2 is 2.00 bits per heavy atom. The Hall–Kier alpha value is -0.613. The first-order valence-corrected chi connectivity index (χ1v) is 10.0. The molecule has 1 aliphatic rings. The van der Waals surface area contributed by atoms with E-state index in [0.29, 0.717) is 19.0 Å². The summed E-state index contributed by atoms with van der Waals surface area (Å²) in [6.45, 7) is 14.5. The summed E-state index contributed by atoms with van der Waals surface area (Å²) in [7, 11) is -1.75. The van der Waals surface area contributed by atoms with Crippen LogP contribution in [0.2, 0.25) is 18.1 Å². The van der Waals surface area contributed by atoms with Gasteiger partial charge in [-0.05, 0) is 48.5 Å². The predicted molar refractivity (Wildman–Crippen MR) is 80.6 cm³/mol. The molecule has 4 heteroatoms. The van der Waals surface area contributed by atoms with Crippen molar-refractivity contribution in [2.75, 3.05) is 6.61 Å². The highest BCUT2D eigenvalue weighted by molar-refractivity contribution is 6.74. The molecule has 0 heterocycles. The average Bonchev–Trinajstić information content (AvgIpc) is 2.60. The molecule has 1 fully saturated rings. The van der Waals surface area contributed by atoms with Gasteiger partial charge in [0, 0.05) is 0 Å². The van der Waals surface area contributed by atoms with E-state index in [1.54, 1.807) is 0 Å². The molecule has 2 atom stereocenters. The third-order valence-corrected chi connectivity index (χ3v) is 8.96. The number of hydrogen-bond donors (Lipinski definition) is 0. The molecule has 0 aromatic heterocycles. The number of carbonyl (C=O) groups is 1. The van der Waals surface area contributed by atoms with Crippen LogP contribution in [-0.4, -0.2) is 27.5 Å². The van der Waals surface area contributed by atoms with Crippen molar-refractivity contribution in [2.24, 2.45) is 5.92 Å². The van der Waals surface area contributed by atoms with Crippen LogP contribution >= 0.6 is 0 Å². The molecular weight excluding hydrogens is 256 g/mol. The van der Waals surface area contributed by atoms with Crippen LogP contribution in [0.15, 0.2) is 11.6 Å². The topological polar surface area (TPSA) is 35.5 Å². The smallest absolute Gasteiger partial charge is 0.293 e. The SMILES string of the molecule is CC1CCC(=CCOC=O)C1O[Si](C)(C)C(C)(C)C. The van der Waals surface area contributed by atoms with Crippen LogP contribution in [-0.2, 0) is 14.0 Å². The third kappa shape index (κ3) is 4.18. The molecule has 0 aromatic carbocycles. The van der Waals surface area contributed by atoms with Crippen LogP contribution in [0.3, 0.4) is 0 Å². The van der Waals surface area contributed by atoms with Gasteiger partial charge >= 0.3 is 0 Å². The Kier molecular flexibility index (Phi) is 5.39. The number of rotatable bonds is 5. The molecule has 0 radical (unpaired) electrons. The Morgan fingerprint density at radius 1 is 1.37 bits per heavy atom. The van der Waals surface area contributed by atoms with Crippen LogP contribution in [0.1, 0.15) is 40.5 Å². The Morgan fingerprint density at radius 3 is 2.53 bits per heavy atom. The first-order valence-electron chi connectivity index (χ1n) is 7.11. The molecule has 1 aliphatic carbocycles. The van der Waals surface area contributed by atoms with Crippen LogP contribution in [0.5, 0.6) is 0 Å². The Balaban J connectivity index is 2.78. The molecule has 1 rings (SSSR count). The van der Waals surface area contributed by atoms with E-state index in [1.807, 2.05) is 6.08 Å². The van der Waals surface area contributed by atoms with E-state index in [2.05, 4.69) is 40.8 Å². The van der Waals surface area contributed by atoms with Gasteiger partial charge in [0.25, 0.3) is 6.47 Å². The van der Waals surface area contributed by atoms with Gasteiger partial charge in [-0.25, -0.2) is 0 Å². The van der Waals surface area contributed by atoms with Crippen molar-refractivity contribution in [3.63, 3.8) is 0 Å². The summed E-state index contributed by atoms with van der Waals surface area (Å²) in [5, 5.41) is 0.222. The van der Waals surface area contributed by atoms with E-state index in [0.717, 1.165) is 12.8 Å². The molecule has 0 spiro atoms. The Labute approximate surface area is 118 Å². The number of ether oxygens (including phenoxy) is 1. The van der Waals surface area contributed by atoms with E-state index in [-0.39, 0.29) is 11.1 Å². The first-order chi connectivity index (χ1) is 8.69. The maximum atomic E-state index is 10.2. The lowest BCUT2D eigenvalue weighted by Gasteiger charge is -2.39. The van der Waals surface area contributed by atoms with E-state index >= 15 is 0 Å². The molecule has 1 saturated carbocycles. The van der Waals surface area contributed by atoms with Gasteiger partial charge in [-0.1, -0.05) is 27.7 Å². The van der Waals surface area contributed by atoms with Gasteiger partial charge in [-0.15, -0.1) is 0 Å². The molecule has 19 heavy (non-hydrogen) atoms. The molecule has 0 saturated heterocycles. The fourth-order valence-corrected chi connectivity index (χ4v) is 3.52. The zero-order valence-electron chi connectivity index (χ0n) is 13.2. The van der Waals surface area contributed by atoms with Gasteiger partial charge in [-0.2, -0.15) is 0 Å². The molecule has 110 valence electrons. The van der Waals surface area contributed by atoms with E-state index in [1.165, 1.54) is 5.57 Å². The van der Waals surface area contributed by atoms with Crippen LogP contribution < -0.4 is 0 Å². The maximum absolute atomic E-state index is 10.2. The minimum Gasteiger partial charge on any atom is -0.464 e. The van der Waals surface area contributed by atoms with Crippen LogP contribution in [0, 0.1) is 5.92 Å². The molecular formula is C15H28O3Si. The van der Waals surface area contributed by atoms with Crippen molar-refractivity contribution in [3.8, 4) is 0 Å². The monoisotopic (exact) mass is 284 g/mol. The lowest BCUT2D eigenvalue weighted by Crippen LogP contribution is -2.44. The second kappa shape index (κ2) is 6.22. The van der Waals surface area contributed by atoms with Crippen molar-refractivity contribution in [1.82, 2.24) is 0 Å². The quantitative estimate of drug-likeness (QED) is 0.332. The van der Waals surface area contributed by atoms with Crippen molar-refractivity contribution >= 4 is 14.8 Å². The molecule has 2 unspecified atom stereocenters. The van der Waals surface area contributed by atoms with Crippen LogP contribution in [0.4, 0.5) is 0 Å². The molecule has 0 aromatic rings. The fourth-order valence-electron chi connectivity index (χ4n) is 2.15. The highest BCUT2D eigenvalue weighted by Gasteiger charge is 2.42. The second-order valence-electron chi connectivity index (χ2n) is 7.02. The van der Waals surface area contributed by atoms with Crippen molar-refractivity contribution in [1.29, 1.82) is 0 Å². The highest BCUT2D eigenvalue weighted by Crippen LogP contribution is 2.42. The van der Waals surface area contributed by atoms with Crippen molar-refractivity contribution in [2.45, 2.75) is 64.8 Å². The molecule has 3 nitrogen and oxygen atoms in total. The lowest BCUT2D eigenvalue weighted by atomic mass is 10.1. The van der Waals surface area contributed by atoms with Gasteiger partial charge < -0.3 is 9.16 Å². The molecule has 0 bridgehead atoms. The van der Waals surface area contributed by atoms with Gasteiger partial charge in [0.1, 0.15) is 6.61 Å². The predicted octanol–water partition coefficient (Wildman–Crippen LogP) is 3.91. The van der Waals surface area contributed by atoms with Crippen molar-refractivity contribution in [3.05, 3.63) is 11.6 Å². The summed E-state index contributed by atoms with van der Waals surface area (Å²) in [5.74, 6) is 0.552. The summed E-state index contributed by atoms with van der Waals surface area (Å²) in [6.07, 6.45) is 4.45. The van der Waals surface area contributed by atoms with E-state index < -0.39 is 8.32 Å². The average molecular weight is 284 g/mol. The maximum Gasteiger partial charge on any atom is 0.293 e. The van der Waals surface area contributed by atoms with E-state index in [9.17, 15) is 4.79 Å². The summed E-state index contributed by atoms with van der Waals surface area (Å²) >= 11 is 0. The normalized spacial score (nSPS) is 26.7. The number of carbonyl (C=O) groups excluding carboxylic acids is 1. The molecule has 0 N–H and O–H groups in total. The zero-order chi connectivity index (χ0) is 14.7. The van der Waals surface area contributed by atoms with Gasteiger partial charge in [0.2, 0.25) is 0 Å². The fraction of sp³-hybridized carbons (Fsp3) is 0.800. The van der Waals surface area contributed by atoms with Gasteiger partial charge in [-0.3, -0.25) is 4.79 Å². The van der Waals surface area contributed by atoms with Gasteiger partial charge in [0.15, 0.2) is 8.32 Å². The lowest BCUT2D eigenvalue weighted by molar-refractivity contribution is -0.127. The van der Waals surface area contributed by atoms with Crippen LogP contribution in [0.25, 0.3) is 0 Å². The standard InChI is InChI=1S/C15H28O3Si/c1-12-7-8-13(9-10-17-11-16)14(12)18-19(5,6)15(2,3)4/h9,11-12,14H,7-8,10H2,1-6H3. The summed E-state index contributed by atoms with van der Waals surface area (Å²) < 4.78 is 11.3. The second-order valence-corrected chi connectivity index (χ2v) is 11.8. The molecule has 0 amide bonds. The van der Waals surface area contributed by atoms with E-state index in [4.69, 9.17) is 9.16 Å². The summed E-state index contributed by atoms with van der Waals surface area (Å²) in [4.78, 5) is 10.2. The molecule has 0 aliphatic heterocycles. The number of hydrogen-bond acceptors (Lipinski definition) is 3. The first kappa shape index (κ1) is 16.4.